The van der Waals surface area contributed by atoms with Gasteiger partial charge in [-0.05, 0) is 46.5 Å². The standard InChI is InChI=1S/C11H20FN/c1-10(2,3)13-7-8-5-9(13)11(4,12)6-8/h8-9H,5-7H2,1-4H3. The van der Waals surface area contributed by atoms with Crippen molar-refractivity contribution >= 4 is 0 Å². The highest BCUT2D eigenvalue weighted by atomic mass is 19.1. The molecule has 3 atom stereocenters. The van der Waals surface area contributed by atoms with E-state index in [-0.39, 0.29) is 11.6 Å². The SMILES string of the molecule is CC1(F)CC2CC1N(C(C)(C)C)C2. The van der Waals surface area contributed by atoms with Gasteiger partial charge in [-0.15, -0.1) is 0 Å². The second kappa shape index (κ2) is 2.47. The van der Waals surface area contributed by atoms with Crippen LogP contribution in [0.15, 0.2) is 0 Å². The van der Waals surface area contributed by atoms with Crippen LogP contribution < -0.4 is 0 Å². The van der Waals surface area contributed by atoms with Crippen LogP contribution in [0.4, 0.5) is 4.39 Å². The average Bonchev–Trinajstić information content (AvgIpc) is 2.38. The van der Waals surface area contributed by atoms with Crippen LogP contribution in [0.1, 0.15) is 40.5 Å². The maximum atomic E-state index is 14.0. The third-order valence-corrected chi connectivity index (χ3v) is 3.63. The molecule has 2 aliphatic rings. The van der Waals surface area contributed by atoms with Crippen LogP contribution in [0.2, 0.25) is 0 Å². The molecule has 3 unspecified atom stereocenters. The molecule has 2 bridgehead atoms. The number of nitrogens with zero attached hydrogens (tertiary/aromatic N) is 1. The van der Waals surface area contributed by atoms with Crippen LogP contribution in [0.3, 0.4) is 0 Å². The molecule has 0 aromatic heterocycles. The maximum Gasteiger partial charge on any atom is 0.124 e. The second-order valence-electron chi connectivity index (χ2n) is 5.92. The summed E-state index contributed by atoms with van der Waals surface area (Å²) in [7, 11) is 0. The van der Waals surface area contributed by atoms with Crippen molar-refractivity contribution in [2.24, 2.45) is 5.92 Å². The molecule has 1 nitrogen and oxygen atoms in total. The number of rotatable bonds is 0. The van der Waals surface area contributed by atoms with Gasteiger partial charge in [-0.3, -0.25) is 4.90 Å². The quantitative estimate of drug-likeness (QED) is 0.560. The van der Waals surface area contributed by atoms with Crippen molar-refractivity contribution in [1.29, 1.82) is 0 Å². The number of fused-ring (bicyclic) bond motifs is 2. The molecule has 2 rings (SSSR count). The first-order valence-corrected chi connectivity index (χ1v) is 5.26. The highest BCUT2D eigenvalue weighted by Crippen LogP contribution is 2.48. The van der Waals surface area contributed by atoms with Crippen molar-refractivity contribution in [3.8, 4) is 0 Å². The van der Waals surface area contributed by atoms with Gasteiger partial charge in [0.05, 0.1) is 0 Å². The molecule has 0 aromatic rings. The Morgan fingerprint density at radius 3 is 2.31 bits per heavy atom. The van der Waals surface area contributed by atoms with E-state index in [0.29, 0.717) is 5.92 Å². The zero-order valence-electron chi connectivity index (χ0n) is 9.10. The van der Waals surface area contributed by atoms with Crippen LogP contribution in [0.25, 0.3) is 0 Å². The van der Waals surface area contributed by atoms with Crippen LogP contribution in [0, 0.1) is 5.92 Å². The van der Waals surface area contributed by atoms with Gasteiger partial charge in [0, 0.05) is 18.1 Å². The molecule has 0 aromatic carbocycles. The number of alkyl halides is 1. The lowest BCUT2D eigenvalue weighted by atomic mass is 9.92. The van der Waals surface area contributed by atoms with Crippen LogP contribution in [-0.2, 0) is 0 Å². The summed E-state index contributed by atoms with van der Waals surface area (Å²) in [5.41, 5.74) is -0.802. The molecule has 13 heavy (non-hydrogen) atoms. The van der Waals surface area contributed by atoms with Crippen LogP contribution in [0.5, 0.6) is 0 Å². The van der Waals surface area contributed by atoms with E-state index in [2.05, 4.69) is 25.7 Å². The summed E-state index contributed by atoms with van der Waals surface area (Å²) in [5.74, 6) is 0.610. The molecule has 2 fully saturated rings. The minimum absolute atomic E-state index is 0.132. The van der Waals surface area contributed by atoms with Gasteiger partial charge in [-0.2, -0.15) is 0 Å². The van der Waals surface area contributed by atoms with Crippen molar-refractivity contribution in [3.63, 3.8) is 0 Å². The first-order chi connectivity index (χ1) is 5.81. The molecular weight excluding hydrogens is 165 g/mol. The van der Waals surface area contributed by atoms with Crippen molar-refractivity contribution in [3.05, 3.63) is 0 Å². The molecule has 1 heterocycles. The molecule has 1 saturated carbocycles. The summed E-state index contributed by atoms with van der Waals surface area (Å²) < 4.78 is 14.0. The first-order valence-electron chi connectivity index (χ1n) is 5.26. The minimum Gasteiger partial charge on any atom is -0.292 e. The molecule has 76 valence electrons. The number of hydrogen-bond donors (Lipinski definition) is 0. The molecule has 0 N–H and O–H groups in total. The number of hydrogen-bond acceptors (Lipinski definition) is 1. The average molecular weight is 185 g/mol. The second-order valence-corrected chi connectivity index (χ2v) is 5.92. The fraction of sp³-hybridized carbons (Fsp3) is 1.00. The van der Waals surface area contributed by atoms with Gasteiger partial charge in [0.25, 0.3) is 0 Å². The number of likely N-dealkylation sites (tertiary alicyclic amines) is 1. The third kappa shape index (κ3) is 1.39. The van der Waals surface area contributed by atoms with E-state index in [1.807, 2.05) is 0 Å². The van der Waals surface area contributed by atoms with Gasteiger partial charge in [-0.25, -0.2) is 4.39 Å². The smallest absolute Gasteiger partial charge is 0.124 e. The lowest BCUT2D eigenvalue weighted by molar-refractivity contribution is -0.00488. The minimum atomic E-state index is -0.934. The fourth-order valence-electron chi connectivity index (χ4n) is 3.08. The van der Waals surface area contributed by atoms with E-state index in [1.54, 1.807) is 6.92 Å². The van der Waals surface area contributed by atoms with Gasteiger partial charge in [0.2, 0.25) is 0 Å². The normalized spacial score (nSPS) is 45.9. The van der Waals surface area contributed by atoms with Crippen molar-refractivity contribution in [2.45, 2.75) is 57.8 Å². The predicted octanol–water partition coefficient (Wildman–Crippen LogP) is 2.61. The molecule has 2 heteroatoms. The summed E-state index contributed by atoms with van der Waals surface area (Å²) in [6, 6.07) is 0.178. The number of piperidine rings is 1. The topological polar surface area (TPSA) is 3.24 Å². The summed E-state index contributed by atoms with van der Waals surface area (Å²) in [4.78, 5) is 2.35. The van der Waals surface area contributed by atoms with Crippen molar-refractivity contribution < 1.29 is 4.39 Å². The van der Waals surface area contributed by atoms with E-state index in [9.17, 15) is 4.39 Å². The Labute approximate surface area is 80.3 Å². The van der Waals surface area contributed by atoms with Gasteiger partial charge in [0.15, 0.2) is 0 Å². The van der Waals surface area contributed by atoms with Gasteiger partial charge < -0.3 is 0 Å². The number of halogens is 1. The third-order valence-electron chi connectivity index (χ3n) is 3.63. The Kier molecular flexibility index (Phi) is 1.80. The molecule has 0 spiro atoms. The van der Waals surface area contributed by atoms with E-state index in [0.717, 1.165) is 19.4 Å². The van der Waals surface area contributed by atoms with E-state index >= 15 is 0 Å². The van der Waals surface area contributed by atoms with Gasteiger partial charge in [0.1, 0.15) is 5.67 Å². The predicted molar refractivity (Wildman–Crippen MR) is 52.5 cm³/mol. The van der Waals surface area contributed by atoms with Gasteiger partial charge in [-0.1, -0.05) is 0 Å². The van der Waals surface area contributed by atoms with E-state index in [1.165, 1.54) is 0 Å². The molecule has 0 amide bonds. The van der Waals surface area contributed by atoms with Crippen molar-refractivity contribution in [1.82, 2.24) is 4.90 Å². The highest BCUT2D eigenvalue weighted by molar-refractivity contribution is 5.08. The summed E-state index contributed by atoms with van der Waals surface area (Å²) in [6.07, 6.45) is 1.86. The molecule has 0 radical (unpaired) electrons. The van der Waals surface area contributed by atoms with Gasteiger partial charge >= 0.3 is 0 Å². The van der Waals surface area contributed by atoms with Crippen LogP contribution >= 0.6 is 0 Å². The maximum absolute atomic E-state index is 14.0. The zero-order chi connectivity index (χ0) is 9.85. The summed E-state index contributed by atoms with van der Waals surface area (Å²) in [5, 5.41) is 0. The Morgan fingerprint density at radius 1 is 1.38 bits per heavy atom. The Hall–Kier alpha value is -0.110. The highest BCUT2D eigenvalue weighted by Gasteiger charge is 2.55. The fourth-order valence-corrected chi connectivity index (χ4v) is 3.08. The zero-order valence-corrected chi connectivity index (χ0v) is 9.10. The Balaban J connectivity index is 2.20. The lowest BCUT2D eigenvalue weighted by Gasteiger charge is -2.43. The first kappa shape index (κ1) is 9.45. The van der Waals surface area contributed by atoms with E-state index < -0.39 is 5.67 Å². The van der Waals surface area contributed by atoms with Crippen molar-refractivity contribution in [2.75, 3.05) is 6.54 Å². The summed E-state index contributed by atoms with van der Waals surface area (Å²) >= 11 is 0. The molecule has 1 aliphatic carbocycles. The molecular formula is C11H20FN. The Bertz CT molecular complexity index is 217. The van der Waals surface area contributed by atoms with Crippen LogP contribution in [-0.4, -0.2) is 28.7 Å². The molecule has 1 saturated heterocycles. The Morgan fingerprint density at radius 2 is 2.00 bits per heavy atom. The largest absolute Gasteiger partial charge is 0.292 e. The lowest BCUT2D eigenvalue weighted by Crippen LogP contribution is -2.54. The van der Waals surface area contributed by atoms with E-state index in [4.69, 9.17) is 0 Å². The monoisotopic (exact) mass is 185 g/mol. The molecule has 1 aliphatic heterocycles. The summed E-state index contributed by atoms with van der Waals surface area (Å²) in [6.45, 7) is 9.43.